The first-order chi connectivity index (χ1) is 22.8. The standard InChI is InChI=1S/C35H33N3O10/c1-38(2)28-23-15-17-14-22-21(16-4-6-18(7-5-16)37-34(45)48-20-10-8-19(47-3)9-11-20)12-13-24(39)26(22)29(40)25(17)31(42)35(23,46)32(43)27(30(28)41)33(36)44/h4-13,17,23,25,27-28,39,46H,14-15H2,1-3H3,(H2,36,44)(H,37,45)/t17-,23-,25?,27?,28-,35-/m1/s1. The van der Waals surface area contributed by atoms with Gasteiger partial charge in [0.1, 0.15) is 17.2 Å². The summed E-state index contributed by atoms with van der Waals surface area (Å²) in [7, 11) is 4.59. The van der Waals surface area contributed by atoms with E-state index in [1.807, 2.05) is 0 Å². The maximum atomic E-state index is 14.0. The summed E-state index contributed by atoms with van der Waals surface area (Å²) in [6, 6.07) is 14.9. The van der Waals surface area contributed by atoms with Crippen molar-refractivity contribution in [2.75, 3.05) is 26.5 Å². The summed E-state index contributed by atoms with van der Waals surface area (Å²) >= 11 is 0. The van der Waals surface area contributed by atoms with E-state index in [4.69, 9.17) is 15.2 Å². The first kappa shape index (κ1) is 32.5. The van der Waals surface area contributed by atoms with Crippen LogP contribution >= 0.6 is 0 Å². The van der Waals surface area contributed by atoms with Crippen LogP contribution in [0.4, 0.5) is 10.5 Å². The molecule has 3 aliphatic carbocycles. The number of carbonyl (C=O) groups is 6. The molecule has 3 aromatic carbocycles. The maximum Gasteiger partial charge on any atom is 0.417 e. The molecular weight excluding hydrogens is 622 g/mol. The van der Waals surface area contributed by atoms with E-state index in [0.29, 0.717) is 33.9 Å². The van der Waals surface area contributed by atoms with E-state index in [1.54, 1.807) is 54.6 Å². The summed E-state index contributed by atoms with van der Waals surface area (Å²) in [5.74, 6) is -10.2. The number of Topliss-reactive ketones (excluding diaryl/α,β-unsaturated/α-hetero) is 4. The molecule has 2 unspecified atom stereocenters. The fourth-order valence-electron chi connectivity index (χ4n) is 7.50. The van der Waals surface area contributed by atoms with Crippen molar-refractivity contribution >= 4 is 40.8 Å². The van der Waals surface area contributed by atoms with Crippen LogP contribution in [-0.4, -0.2) is 83.1 Å². The smallest absolute Gasteiger partial charge is 0.417 e. The number of hydrogen-bond donors (Lipinski definition) is 4. The van der Waals surface area contributed by atoms with Gasteiger partial charge >= 0.3 is 6.09 Å². The third kappa shape index (κ3) is 5.11. The molecular formula is C35H33N3O10. The number of anilines is 1. The number of nitrogens with zero attached hydrogens (tertiary/aromatic N) is 1. The molecule has 3 aliphatic rings. The second-order valence-corrected chi connectivity index (χ2v) is 12.5. The Morgan fingerprint density at radius 3 is 2.19 bits per heavy atom. The molecule has 0 radical (unpaired) electrons. The fraction of sp³-hybridized carbons (Fsp3) is 0.314. The van der Waals surface area contributed by atoms with Gasteiger partial charge in [0.25, 0.3) is 0 Å². The summed E-state index contributed by atoms with van der Waals surface area (Å²) in [6.07, 6.45) is -0.659. The van der Waals surface area contributed by atoms with Gasteiger partial charge in [0.2, 0.25) is 5.91 Å². The number of ketones is 4. The molecule has 6 atom stereocenters. The number of likely N-dealkylation sites (N-methyl/N-ethyl adjacent to an activating group) is 1. The number of amides is 2. The van der Waals surface area contributed by atoms with Crippen LogP contribution in [0.5, 0.6) is 17.2 Å². The van der Waals surface area contributed by atoms with Crippen LogP contribution in [0.2, 0.25) is 0 Å². The van der Waals surface area contributed by atoms with Crippen molar-refractivity contribution in [3.63, 3.8) is 0 Å². The number of fused-ring (bicyclic) bond motifs is 3. The van der Waals surface area contributed by atoms with Gasteiger partial charge in [0.05, 0.1) is 24.6 Å². The Kier molecular flexibility index (Phi) is 8.13. The van der Waals surface area contributed by atoms with Gasteiger partial charge in [-0.15, -0.1) is 0 Å². The average Bonchev–Trinajstić information content (AvgIpc) is 3.03. The van der Waals surface area contributed by atoms with Gasteiger partial charge in [-0.05, 0) is 92.0 Å². The molecule has 13 nitrogen and oxygen atoms in total. The quantitative estimate of drug-likeness (QED) is 0.283. The lowest BCUT2D eigenvalue weighted by molar-refractivity contribution is -0.181. The second-order valence-electron chi connectivity index (χ2n) is 12.5. The van der Waals surface area contributed by atoms with E-state index in [9.17, 15) is 39.0 Å². The van der Waals surface area contributed by atoms with Crippen LogP contribution in [0.15, 0.2) is 60.7 Å². The van der Waals surface area contributed by atoms with Crippen LogP contribution < -0.4 is 20.5 Å². The molecule has 2 fully saturated rings. The Morgan fingerprint density at radius 1 is 0.938 bits per heavy atom. The van der Waals surface area contributed by atoms with Crippen molar-refractivity contribution in [2.24, 2.45) is 29.4 Å². The third-order valence-electron chi connectivity index (χ3n) is 9.66. The predicted molar refractivity (Wildman–Crippen MR) is 169 cm³/mol. The topological polar surface area (TPSA) is 203 Å². The van der Waals surface area contributed by atoms with E-state index in [0.717, 1.165) is 0 Å². The van der Waals surface area contributed by atoms with Gasteiger partial charge < -0.3 is 25.4 Å². The minimum atomic E-state index is -2.79. The number of methoxy groups -OCH3 is 1. The number of nitrogens with one attached hydrogen (secondary N) is 1. The number of aliphatic hydroxyl groups is 1. The van der Waals surface area contributed by atoms with Crippen molar-refractivity contribution in [1.29, 1.82) is 0 Å². The molecule has 0 aromatic heterocycles. The number of primary amides is 1. The lowest BCUT2D eigenvalue weighted by Gasteiger charge is -2.52. The Balaban J connectivity index is 1.30. The largest absolute Gasteiger partial charge is 0.507 e. The van der Waals surface area contributed by atoms with E-state index in [-0.39, 0.29) is 24.2 Å². The molecule has 0 saturated heterocycles. The minimum Gasteiger partial charge on any atom is -0.507 e. The van der Waals surface area contributed by atoms with Gasteiger partial charge in [0, 0.05) is 11.6 Å². The van der Waals surface area contributed by atoms with Crippen molar-refractivity contribution in [3.8, 4) is 28.4 Å². The summed E-state index contributed by atoms with van der Waals surface area (Å²) in [5.41, 5.74) is 4.59. The molecule has 0 heterocycles. The molecule has 6 rings (SSSR count). The Morgan fingerprint density at radius 2 is 1.58 bits per heavy atom. The summed E-state index contributed by atoms with van der Waals surface area (Å²) < 4.78 is 10.4. The van der Waals surface area contributed by atoms with Crippen molar-refractivity contribution in [2.45, 2.75) is 24.5 Å². The molecule has 2 amide bonds. The number of carbonyl (C=O) groups excluding carboxylic acids is 6. The molecule has 0 bridgehead atoms. The first-order valence-corrected chi connectivity index (χ1v) is 15.2. The molecule has 13 heteroatoms. The summed E-state index contributed by atoms with van der Waals surface area (Å²) in [4.78, 5) is 80.8. The molecule has 2 saturated carbocycles. The van der Waals surface area contributed by atoms with Gasteiger partial charge in [-0.2, -0.15) is 0 Å². The number of hydrogen-bond acceptors (Lipinski definition) is 11. The van der Waals surface area contributed by atoms with Gasteiger partial charge in [0.15, 0.2) is 34.7 Å². The lowest BCUT2D eigenvalue weighted by atomic mass is 9.52. The fourth-order valence-corrected chi connectivity index (χ4v) is 7.50. The Labute approximate surface area is 274 Å². The highest BCUT2D eigenvalue weighted by Crippen LogP contribution is 2.51. The molecule has 0 aliphatic heterocycles. The van der Waals surface area contributed by atoms with E-state index in [2.05, 4.69) is 5.32 Å². The van der Waals surface area contributed by atoms with Gasteiger partial charge in [-0.1, -0.05) is 18.2 Å². The van der Waals surface area contributed by atoms with Crippen LogP contribution in [0, 0.1) is 23.7 Å². The number of aromatic hydroxyl groups is 1. The van der Waals surface area contributed by atoms with Crippen molar-refractivity contribution < 1.29 is 48.5 Å². The van der Waals surface area contributed by atoms with Crippen LogP contribution in [0.25, 0.3) is 11.1 Å². The molecule has 48 heavy (non-hydrogen) atoms. The Hall–Kier alpha value is -5.40. The van der Waals surface area contributed by atoms with Crippen LogP contribution in [-0.2, 0) is 25.6 Å². The SMILES string of the molecule is COc1ccc(OC(=O)Nc2ccc(-c3ccc(O)c4c3C[C@@H]3C[C@@H]5[C@@H](N(C)C)C(=O)C(C(N)=O)C(=O)[C@]5(O)C(=O)C3C4=O)cc2)cc1. The summed E-state index contributed by atoms with van der Waals surface area (Å²) in [6.45, 7) is 0. The molecule has 0 spiro atoms. The van der Waals surface area contributed by atoms with Crippen molar-refractivity contribution in [1.82, 2.24) is 4.90 Å². The zero-order valence-corrected chi connectivity index (χ0v) is 26.3. The second kappa shape index (κ2) is 12.0. The highest BCUT2D eigenvalue weighted by Gasteiger charge is 2.69. The number of rotatable bonds is 6. The number of nitrogens with two attached hydrogens (primary N) is 1. The monoisotopic (exact) mass is 655 g/mol. The molecule has 248 valence electrons. The third-order valence-corrected chi connectivity index (χ3v) is 9.66. The molecule has 3 aromatic rings. The van der Waals surface area contributed by atoms with Crippen LogP contribution in [0.3, 0.4) is 0 Å². The highest BCUT2D eigenvalue weighted by atomic mass is 16.6. The normalized spacial score (nSPS) is 26.3. The first-order valence-electron chi connectivity index (χ1n) is 15.2. The summed E-state index contributed by atoms with van der Waals surface area (Å²) in [5, 5.41) is 25.2. The van der Waals surface area contributed by atoms with Crippen LogP contribution in [0.1, 0.15) is 22.3 Å². The average molecular weight is 656 g/mol. The van der Waals surface area contributed by atoms with E-state index >= 15 is 0 Å². The molecule has 5 N–H and O–H groups in total. The van der Waals surface area contributed by atoms with Gasteiger partial charge in [-0.25, -0.2) is 4.79 Å². The number of phenolic OH excluding ortho intramolecular Hbond substituents is 1. The van der Waals surface area contributed by atoms with Gasteiger partial charge in [-0.3, -0.25) is 34.2 Å². The van der Waals surface area contributed by atoms with Crippen molar-refractivity contribution in [3.05, 3.63) is 71.8 Å². The van der Waals surface area contributed by atoms with E-state index < -0.39 is 70.4 Å². The lowest BCUT2D eigenvalue weighted by Crippen LogP contribution is -2.74. The number of benzene rings is 3. The number of phenols is 1. The predicted octanol–water partition coefficient (Wildman–Crippen LogP) is 2.15. The zero-order valence-electron chi connectivity index (χ0n) is 26.3. The highest BCUT2D eigenvalue weighted by molar-refractivity contribution is 6.32. The minimum absolute atomic E-state index is 0.0574. The maximum absolute atomic E-state index is 14.0. The number of ether oxygens (including phenoxy) is 2. The zero-order chi connectivity index (χ0) is 34.7. The van der Waals surface area contributed by atoms with E-state index in [1.165, 1.54) is 32.2 Å². The Bertz CT molecular complexity index is 1870.